The summed E-state index contributed by atoms with van der Waals surface area (Å²) < 4.78 is 0. The van der Waals surface area contributed by atoms with E-state index in [1.54, 1.807) is 18.9 Å². The number of carbonyl (C=O) groups is 1. The van der Waals surface area contributed by atoms with Gasteiger partial charge < -0.3 is 4.90 Å². The number of hydrogen-bond acceptors (Lipinski definition) is 2. The van der Waals surface area contributed by atoms with E-state index in [9.17, 15) is 4.79 Å². The van der Waals surface area contributed by atoms with E-state index in [4.69, 9.17) is 11.8 Å². The summed E-state index contributed by atoms with van der Waals surface area (Å²) in [5.74, 6) is 0.0566. The first-order valence-corrected chi connectivity index (χ1v) is 4.74. The van der Waals surface area contributed by atoms with Crippen molar-refractivity contribution in [2.24, 2.45) is 5.41 Å². The predicted octanol–water partition coefficient (Wildman–Crippen LogP) is 1.62. The van der Waals surface area contributed by atoms with Crippen LogP contribution in [0.25, 0.3) is 0 Å². The van der Waals surface area contributed by atoms with Gasteiger partial charge in [0, 0.05) is 26.6 Å². The van der Waals surface area contributed by atoms with Crippen LogP contribution in [-0.2, 0) is 4.79 Å². The van der Waals surface area contributed by atoms with Crippen LogP contribution in [0.5, 0.6) is 0 Å². The summed E-state index contributed by atoms with van der Waals surface area (Å²) in [6.45, 7) is 8.43. The van der Waals surface area contributed by atoms with Crippen molar-refractivity contribution in [2.45, 2.75) is 33.7 Å². The van der Waals surface area contributed by atoms with E-state index < -0.39 is 0 Å². The van der Waals surface area contributed by atoms with E-state index in [2.05, 4.69) is 25.6 Å². The van der Waals surface area contributed by atoms with Gasteiger partial charge >= 0.3 is 0 Å². The van der Waals surface area contributed by atoms with Crippen LogP contribution >= 0.6 is 11.8 Å². The molecule has 0 aliphatic rings. The van der Waals surface area contributed by atoms with Crippen LogP contribution in [0.15, 0.2) is 0 Å². The molecular formula is C9H19ClN2O. The van der Waals surface area contributed by atoms with E-state index in [1.165, 1.54) is 0 Å². The topological polar surface area (TPSA) is 32.3 Å². The molecule has 3 nitrogen and oxygen atoms in total. The lowest BCUT2D eigenvalue weighted by atomic mass is 9.87. The Bertz CT molecular complexity index is 177. The van der Waals surface area contributed by atoms with E-state index in [-0.39, 0.29) is 17.4 Å². The first kappa shape index (κ1) is 12.7. The van der Waals surface area contributed by atoms with Gasteiger partial charge in [-0.3, -0.25) is 4.79 Å². The van der Waals surface area contributed by atoms with Crippen LogP contribution in [-0.4, -0.2) is 30.4 Å². The smallest absolute Gasteiger partial charge is 0.219 e. The molecule has 4 heteroatoms. The molecule has 0 aromatic heterocycles. The Morgan fingerprint density at radius 3 is 2.23 bits per heavy atom. The molecule has 1 N–H and O–H groups in total. The van der Waals surface area contributed by atoms with Gasteiger partial charge in [0.1, 0.15) is 0 Å². The standard InChI is InChI=1S/C9H19ClN2O/c1-7(13)12(5)6-8(11-10)9(2,3)4/h8,11H,6H2,1-5H3/t8-/m1/s1. The maximum absolute atomic E-state index is 11.0. The van der Waals surface area contributed by atoms with Crippen LogP contribution in [0, 0.1) is 5.41 Å². The number of halogens is 1. The maximum atomic E-state index is 11.0. The van der Waals surface area contributed by atoms with Crippen molar-refractivity contribution in [3.8, 4) is 0 Å². The molecule has 0 saturated heterocycles. The van der Waals surface area contributed by atoms with Gasteiger partial charge in [-0.2, -0.15) is 0 Å². The van der Waals surface area contributed by atoms with Crippen LogP contribution in [0.1, 0.15) is 27.7 Å². The molecule has 0 radical (unpaired) electrons. The number of nitrogens with zero attached hydrogens (tertiary/aromatic N) is 1. The van der Waals surface area contributed by atoms with Crippen molar-refractivity contribution in [1.82, 2.24) is 9.74 Å². The normalized spacial score (nSPS) is 14.0. The Balaban J connectivity index is 4.22. The summed E-state index contributed by atoms with van der Waals surface area (Å²) in [5, 5.41) is 0. The molecule has 0 bridgehead atoms. The Morgan fingerprint density at radius 2 is 2.00 bits per heavy atom. The quantitative estimate of drug-likeness (QED) is 0.712. The minimum Gasteiger partial charge on any atom is -0.344 e. The second kappa shape index (κ2) is 4.82. The lowest BCUT2D eigenvalue weighted by Crippen LogP contribution is -2.45. The Labute approximate surface area is 85.5 Å². The van der Waals surface area contributed by atoms with Crippen molar-refractivity contribution in [1.29, 1.82) is 0 Å². The Morgan fingerprint density at radius 1 is 1.54 bits per heavy atom. The third-order valence-corrected chi connectivity index (χ3v) is 2.43. The molecular weight excluding hydrogens is 188 g/mol. The zero-order valence-corrected chi connectivity index (χ0v) is 9.77. The average molecular weight is 207 g/mol. The highest BCUT2D eigenvalue weighted by atomic mass is 35.5. The zero-order valence-electron chi connectivity index (χ0n) is 9.02. The first-order valence-electron chi connectivity index (χ1n) is 4.37. The number of rotatable bonds is 3. The molecule has 0 heterocycles. The predicted molar refractivity (Wildman–Crippen MR) is 55.5 cm³/mol. The van der Waals surface area contributed by atoms with E-state index in [1.807, 2.05) is 0 Å². The molecule has 0 aliphatic carbocycles. The van der Waals surface area contributed by atoms with Gasteiger partial charge in [0.25, 0.3) is 0 Å². The monoisotopic (exact) mass is 206 g/mol. The highest BCUT2D eigenvalue weighted by Crippen LogP contribution is 2.20. The summed E-state index contributed by atoms with van der Waals surface area (Å²) in [6, 6.07) is 0.100. The molecule has 1 amide bonds. The Hall–Kier alpha value is -0.280. The van der Waals surface area contributed by atoms with Crippen LogP contribution in [0.4, 0.5) is 0 Å². The van der Waals surface area contributed by atoms with Crippen molar-refractivity contribution in [3.05, 3.63) is 0 Å². The summed E-state index contributed by atoms with van der Waals surface area (Å²) in [4.78, 5) is 15.3. The number of nitrogens with one attached hydrogen (secondary N) is 1. The molecule has 0 saturated carbocycles. The molecule has 0 unspecified atom stereocenters. The van der Waals surface area contributed by atoms with Crippen molar-refractivity contribution < 1.29 is 4.79 Å². The number of carbonyl (C=O) groups excluding carboxylic acids is 1. The highest BCUT2D eigenvalue weighted by molar-refractivity contribution is 6.13. The van der Waals surface area contributed by atoms with Gasteiger partial charge in [0.15, 0.2) is 0 Å². The molecule has 0 spiro atoms. The van der Waals surface area contributed by atoms with Gasteiger partial charge in [-0.15, -0.1) is 0 Å². The second-order valence-corrected chi connectivity index (χ2v) is 4.65. The van der Waals surface area contributed by atoms with Crippen LogP contribution in [0.2, 0.25) is 0 Å². The number of amides is 1. The first-order chi connectivity index (χ1) is 5.79. The fraction of sp³-hybridized carbons (Fsp3) is 0.889. The SMILES string of the molecule is CC(=O)N(C)C[C@@H](NCl)C(C)(C)C. The summed E-state index contributed by atoms with van der Waals surface area (Å²) in [7, 11) is 1.77. The molecule has 78 valence electrons. The largest absolute Gasteiger partial charge is 0.344 e. The number of likely N-dealkylation sites (N-methyl/N-ethyl adjacent to an activating group) is 1. The van der Waals surface area contributed by atoms with E-state index in [0.717, 1.165) is 0 Å². The van der Waals surface area contributed by atoms with Gasteiger partial charge in [0.2, 0.25) is 5.91 Å². The highest BCUT2D eigenvalue weighted by Gasteiger charge is 2.25. The molecule has 1 atom stereocenters. The average Bonchev–Trinajstić information content (AvgIpc) is 1.96. The number of hydrogen-bond donors (Lipinski definition) is 1. The van der Waals surface area contributed by atoms with Crippen LogP contribution in [0.3, 0.4) is 0 Å². The molecule has 0 aliphatic heterocycles. The minimum atomic E-state index is 0.0471. The summed E-state index contributed by atoms with van der Waals surface area (Å²) in [5.41, 5.74) is 0.0471. The molecule has 13 heavy (non-hydrogen) atoms. The lowest BCUT2D eigenvalue weighted by molar-refractivity contribution is -0.128. The van der Waals surface area contributed by atoms with Crippen molar-refractivity contribution in [2.75, 3.05) is 13.6 Å². The van der Waals surface area contributed by atoms with Gasteiger partial charge in [-0.25, -0.2) is 4.84 Å². The summed E-state index contributed by atoms with van der Waals surface area (Å²) in [6.07, 6.45) is 0. The van der Waals surface area contributed by atoms with Gasteiger partial charge in [-0.1, -0.05) is 20.8 Å². The molecule has 0 aromatic carbocycles. The molecule has 0 rings (SSSR count). The van der Waals surface area contributed by atoms with Gasteiger partial charge in [0.05, 0.1) is 0 Å². The Kier molecular flexibility index (Phi) is 4.71. The van der Waals surface area contributed by atoms with E-state index >= 15 is 0 Å². The third-order valence-electron chi connectivity index (χ3n) is 2.17. The molecule has 0 fully saturated rings. The lowest BCUT2D eigenvalue weighted by Gasteiger charge is -2.32. The van der Waals surface area contributed by atoms with Gasteiger partial charge in [-0.05, 0) is 17.2 Å². The third kappa shape index (κ3) is 4.48. The molecule has 0 aromatic rings. The van der Waals surface area contributed by atoms with Crippen molar-refractivity contribution in [3.63, 3.8) is 0 Å². The zero-order chi connectivity index (χ0) is 10.6. The summed E-state index contributed by atoms with van der Waals surface area (Å²) >= 11 is 5.61. The van der Waals surface area contributed by atoms with E-state index in [0.29, 0.717) is 6.54 Å². The minimum absolute atomic E-state index is 0.0471. The fourth-order valence-corrected chi connectivity index (χ4v) is 1.27. The fourth-order valence-electron chi connectivity index (χ4n) is 0.874. The van der Waals surface area contributed by atoms with Crippen LogP contribution < -0.4 is 4.84 Å². The maximum Gasteiger partial charge on any atom is 0.219 e. The van der Waals surface area contributed by atoms with Crippen molar-refractivity contribution >= 4 is 17.7 Å². The second-order valence-electron chi connectivity index (χ2n) is 4.43.